The van der Waals surface area contributed by atoms with E-state index in [0.29, 0.717) is 22.7 Å². The Labute approximate surface area is 196 Å². The molecule has 2 aliphatic rings. The molecule has 4 heterocycles. The average molecular weight is 494 g/mol. The number of thiophene rings is 1. The molecular weight excluding hydrogens is 473 g/mol. The largest absolute Gasteiger partial charge is 0.467 e. The first-order valence-corrected chi connectivity index (χ1v) is 11.7. The number of alkyl halides is 3. The van der Waals surface area contributed by atoms with Crippen molar-refractivity contribution in [2.75, 3.05) is 17.2 Å². The molecule has 1 aliphatic carbocycles. The van der Waals surface area contributed by atoms with Gasteiger partial charge in [0.1, 0.15) is 16.6 Å². The van der Waals surface area contributed by atoms with Gasteiger partial charge in [-0.3, -0.25) is 4.79 Å². The molecule has 180 valence electrons. The fourth-order valence-electron chi connectivity index (χ4n) is 4.44. The van der Waals surface area contributed by atoms with Crippen molar-refractivity contribution in [1.82, 2.24) is 9.78 Å². The number of aryl methyl sites for hydroxylation is 1. The van der Waals surface area contributed by atoms with Crippen LogP contribution >= 0.6 is 11.3 Å². The van der Waals surface area contributed by atoms with Crippen LogP contribution in [0.1, 0.15) is 68.9 Å². The zero-order chi connectivity index (χ0) is 24.0. The Morgan fingerprint density at radius 2 is 2.21 bits per heavy atom. The van der Waals surface area contributed by atoms with E-state index in [-0.39, 0.29) is 24.5 Å². The zero-order valence-electron chi connectivity index (χ0n) is 18.1. The van der Waals surface area contributed by atoms with Gasteiger partial charge < -0.3 is 19.8 Å². The molecule has 1 amide bonds. The SMILES string of the molecule is CCOC(=O)c1c(NC(=O)c2cc3n(n2)[C@@H](C(F)(F)F)C[C@H](c2ccco2)N3)sc2c1CCC2. The molecular formula is C22H21F3N4O4S. The zero-order valence-corrected chi connectivity index (χ0v) is 18.9. The summed E-state index contributed by atoms with van der Waals surface area (Å²) in [5, 5.41) is 9.94. The minimum atomic E-state index is -4.58. The van der Waals surface area contributed by atoms with E-state index in [9.17, 15) is 22.8 Å². The van der Waals surface area contributed by atoms with Gasteiger partial charge in [0.15, 0.2) is 11.7 Å². The maximum absolute atomic E-state index is 13.8. The number of furan rings is 1. The topological polar surface area (TPSA) is 98.4 Å². The molecule has 2 N–H and O–H groups in total. The number of hydrogen-bond donors (Lipinski definition) is 2. The standard InChI is InChI=1S/C22H21F3N4O4S/c1-2-32-21(31)18-11-5-3-7-15(11)34-20(18)27-19(30)13-10-17-26-12(14-6-4-8-33-14)9-16(22(23,24)25)29(17)28-13/h4,6,8,10,12,16,26H,2-3,5,7,9H2,1H3,(H,27,30)/t12-,16-/m1/s1. The van der Waals surface area contributed by atoms with Crippen LogP contribution in [0.4, 0.5) is 24.0 Å². The van der Waals surface area contributed by atoms with Gasteiger partial charge in [-0.2, -0.15) is 18.3 Å². The Hall–Kier alpha value is -3.28. The summed E-state index contributed by atoms with van der Waals surface area (Å²) in [6.45, 7) is 1.88. The maximum Gasteiger partial charge on any atom is 0.410 e. The molecule has 0 unspecified atom stereocenters. The van der Waals surface area contributed by atoms with Crippen LogP contribution in [-0.4, -0.2) is 34.4 Å². The van der Waals surface area contributed by atoms with Crippen molar-refractivity contribution in [2.24, 2.45) is 0 Å². The van der Waals surface area contributed by atoms with Crippen molar-refractivity contribution in [3.63, 3.8) is 0 Å². The molecule has 0 spiro atoms. The molecule has 1 aliphatic heterocycles. The van der Waals surface area contributed by atoms with Gasteiger partial charge >= 0.3 is 12.1 Å². The first kappa shape index (κ1) is 22.5. The Morgan fingerprint density at radius 1 is 1.38 bits per heavy atom. The molecule has 8 nitrogen and oxygen atoms in total. The second-order valence-electron chi connectivity index (χ2n) is 8.10. The number of hydrogen-bond acceptors (Lipinski definition) is 7. The molecule has 0 radical (unpaired) electrons. The van der Waals surface area contributed by atoms with Gasteiger partial charge in [-0.05, 0) is 43.9 Å². The van der Waals surface area contributed by atoms with Gasteiger partial charge in [0.2, 0.25) is 0 Å². The lowest BCUT2D eigenvalue weighted by atomic mass is 10.0. The van der Waals surface area contributed by atoms with Crippen molar-refractivity contribution in [3.05, 3.63) is 51.9 Å². The summed E-state index contributed by atoms with van der Waals surface area (Å²) in [7, 11) is 0. The number of nitrogens with zero attached hydrogens (tertiary/aromatic N) is 2. The lowest BCUT2D eigenvalue weighted by Gasteiger charge is -2.32. The van der Waals surface area contributed by atoms with Crippen LogP contribution in [0.5, 0.6) is 0 Å². The van der Waals surface area contributed by atoms with E-state index >= 15 is 0 Å². The molecule has 2 atom stereocenters. The third kappa shape index (κ3) is 3.95. The van der Waals surface area contributed by atoms with Crippen molar-refractivity contribution in [3.8, 4) is 0 Å². The number of carbonyl (C=O) groups excluding carboxylic acids is 2. The van der Waals surface area contributed by atoms with Gasteiger partial charge in [0, 0.05) is 17.4 Å². The predicted octanol–water partition coefficient (Wildman–Crippen LogP) is 5.12. The smallest absolute Gasteiger partial charge is 0.410 e. The number of esters is 1. The number of nitrogens with one attached hydrogen (secondary N) is 2. The third-order valence-electron chi connectivity index (χ3n) is 5.94. The number of aromatic nitrogens is 2. The predicted molar refractivity (Wildman–Crippen MR) is 117 cm³/mol. The highest BCUT2D eigenvalue weighted by Gasteiger charge is 2.47. The molecule has 0 saturated carbocycles. The summed E-state index contributed by atoms with van der Waals surface area (Å²) in [5.41, 5.74) is 0.990. The maximum atomic E-state index is 13.8. The monoisotopic (exact) mass is 494 g/mol. The van der Waals surface area contributed by atoms with Crippen molar-refractivity contribution in [1.29, 1.82) is 0 Å². The summed E-state index contributed by atoms with van der Waals surface area (Å²) in [5.74, 6) is -0.814. The van der Waals surface area contributed by atoms with Crippen LogP contribution in [0.3, 0.4) is 0 Å². The second-order valence-corrected chi connectivity index (χ2v) is 9.21. The second kappa shape index (κ2) is 8.49. The number of amides is 1. The Balaban J connectivity index is 1.44. The highest BCUT2D eigenvalue weighted by atomic mass is 32.1. The van der Waals surface area contributed by atoms with Gasteiger partial charge in [0.25, 0.3) is 5.91 Å². The number of rotatable bonds is 5. The highest BCUT2D eigenvalue weighted by Crippen LogP contribution is 2.44. The number of carbonyl (C=O) groups is 2. The number of halogens is 3. The third-order valence-corrected chi connectivity index (χ3v) is 7.14. The minimum Gasteiger partial charge on any atom is -0.467 e. The van der Waals surface area contributed by atoms with E-state index < -0.39 is 30.1 Å². The molecule has 5 rings (SSSR count). The number of ether oxygens (including phenoxy) is 1. The lowest BCUT2D eigenvalue weighted by Crippen LogP contribution is -2.35. The highest BCUT2D eigenvalue weighted by molar-refractivity contribution is 7.17. The summed E-state index contributed by atoms with van der Waals surface area (Å²) in [4.78, 5) is 26.5. The van der Waals surface area contributed by atoms with Crippen LogP contribution in [-0.2, 0) is 17.6 Å². The Kier molecular flexibility index (Phi) is 5.62. The summed E-state index contributed by atoms with van der Waals surface area (Å²) >= 11 is 1.29. The van der Waals surface area contributed by atoms with Crippen molar-refractivity contribution >= 4 is 34.0 Å². The van der Waals surface area contributed by atoms with Gasteiger partial charge in [-0.1, -0.05) is 0 Å². The summed E-state index contributed by atoms with van der Waals surface area (Å²) in [6.07, 6.45) is -1.10. The van der Waals surface area contributed by atoms with E-state index in [1.54, 1.807) is 19.1 Å². The molecule has 0 saturated heterocycles. The Bertz CT molecular complexity index is 1230. The van der Waals surface area contributed by atoms with E-state index in [2.05, 4.69) is 15.7 Å². The van der Waals surface area contributed by atoms with Crippen LogP contribution in [0.15, 0.2) is 28.9 Å². The van der Waals surface area contributed by atoms with E-state index in [4.69, 9.17) is 9.15 Å². The number of fused-ring (bicyclic) bond motifs is 2. The average Bonchev–Trinajstić information content (AvgIpc) is 3.54. The molecule has 0 bridgehead atoms. The van der Waals surface area contributed by atoms with Crippen molar-refractivity contribution < 1.29 is 31.9 Å². The lowest BCUT2D eigenvalue weighted by molar-refractivity contribution is -0.174. The Morgan fingerprint density at radius 3 is 2.91 bits per heavy atom. The van der Waals surface area contributed by atoms with Crippen LogP contribution in [0, 0.1) is 0 Å². The quantitative estimate of drug-likeness (QED) is 0.478. The summed E-state index contributed by atoms with van der Waals surface area (Å²) in [6, 6.07) is 1.81. The molecule has 3 aromatic rings. The fraction of sp³-hybridized carbons (Fsp3) is 0.409. The van der Waals surface area contributed by atoms with Gasteiger partial charge in [-0.15, -0.1) is 11.3 Å². The fourth-order valence-corrected chi connectivity index (χ4v) is 5.71. The van der Waals surface area contributed by atoms with Gasteiger partial charge in [0.05, 0.1) is 24.5 Å². The first-order chi connectivity index (χ1) is 16.3. The van der Waals surface area contributed by atoms with Crippen LogP contribution in [0.25, 0.3) is 0 Å². The minimum absolute atomic E-state index is 0.0550. The van der Waals surface area contributed by atoms with Crippen molar-refractivity contribution in [2.45, 2.75) is 50.9 Å². The molecule has 12 heteroatoms. The molecule has 0 aromatic carbocycles. The van der Waals surface area contributed by atoms with Crippen LogP contribution < -0.4 is 10.6 Å². The normalized spacial score (nSPS) is 19.3. The molecule has 3 aromatic heterocycles. The summed E-state index contributed by atoms with van der Waals surface area (Å²) < 4.78 is 52.7. The van der Waals surface area contributed by atoms with E-state index in [1.165, 1.54) is 23.7 Å². The van der Waals surface area contributed by atoms with E-state index in [1.807, 2.05) is 0 Å². The molecule has 0 fully saturated rings. The van der Waals surface area contributed by atoms with Gasteiger partial charge in [-0.25, -0.2) is 9.48 Å². The van der Waals surface area contributed by atoms with Crippen LogP contribution in [0.2, 0.25) is 0 Å². The molecule has 34 heavy (non-hydrogen) atoms. The van der Waals surface area contributed by atoms with E-state index in [0.717, 1.165) is 28.0 Å². The first-order valence-electron chi connectivity index (χ1n) is 10.9. The number of anilines is 2.